The lowest BCUT2D eigenvalue weighted by molar-refractivity contribution is -0.120. The van der Waals surface area contributed by atoms with Crippen LogP contribution < -0.4 is 10.2 Å². The lowest BCUT2D eigenvalue weighted by Gasteiger charge is -2.39. The van der Waals surface area contributed by atoms with Crippen LogP contribution in [0, 0.1) is 5.92 Å². The molecule has 0 saturated carbocycles. The molecule has 0 spiro atoms. The van der Waals surface area contributed by atoms with Crippen LogP contribution in [-0.2, 0) is 22.6 Å². The van der Waals surface area contributed by atoms with Crippen molar-refractivity contribution in [2.75, 3.05) is 4.90 Å². The molecule has 2 atom stereocenters. The predicted octanol–water partition coefficient (Wildman–Crippen LogP) is 2.82. The monoisotopic (exact) mass is 334 g/mol. The highest BCUT2D eigenvalue weighted by Gasteiger charge is 2.54. The van der Waals surface area contributed by atoms with Crippen LogP contribution in [0.15, 0.2) is 0 Å². The van der Waals surface area contributed by atoms with Gasteiger partial charge in [-0.2, -0.15) is 0 Å². The molecule has 3 aliphatic heterocycles. The van der Waals surface area contributed by atoms with Crippen LogP contribution in [0.5, 0.6) is 0 Å². The summed E-state index contributed by atoms with van der Waals surface area (Å²) in [7, 11) is 0. The van der Waals surface area contributed by atoms with E-state index in [1.54, 1.807) is 11.3 Å². The first-order chi connectivity index (χ1) is 10.8. The van der Waals surface area contributed by atoms with E-state index in [-0.39, 0.29) is 23.3 Å². The number of ether oxygens (including phenoxy) is 1. The number of hydrogen-bond donors (Lipinski definition) is 1. The Balaban J connectivity index is 1.87. The maximum absolute atomic E-state index is 12.8. The number of thiophene rings is 1. The van der Waals surface area contributed by atoms with Crippen LogP contribution in [0.4, 0.5) is 5.00 Å². The van der Waals surface area contributed by atoms with Gasteiger partial charge in [-0.1, -0.05) is 6.92 Å². The fourth-order valence-corrected chi connectivity index (χ4v) is 5.42. The zero-order valence-electron chi connectivity index (χ0n) is 14.0. The number of anilines is 1. The minimum absolute atomic E-state index is 0.0157. The van der Waals surface area contributed by atoms with Gasteiger partial charge in [-0.3, -0.25) is 14.5 Å². The van der Waals surface area contributed by atoms with Crippen LogP contribution >= 0.6 is 11.3 Å². The molecule has 5 nitrogen and oxygen atoms in total. The Morgan fingerprint density at radius 1 is 1.35 bits per heavy atom. The van der Waals surface area contributed by atoms with E-state index in [9.17, 15) is 9.59 Å². The molecule has 0 bridgehead atoms. The first-order valence-electron chi connectivity index (χ1n) is 8.21. The molecule has 4 rings (SSSR count). The number of rotatable bonds is 1. The Labute approximate surface area is 140 Å². The van der Waals surface area contributed by atoms with E-state index in [2.05, 4.69) is 5.32 Å². The van der Waals surface area contributed by atoms with Crippen molar-refractivity contribution < 1.29 is 14.3 Å². The zero-order valence-corrected chi connectivity index (χ0v) is 14.8. The Morgan fingerprint density at radius 3 is 2.78 bits per heavy atom. The van der Waals surface area contributed by atoms with E-state index in [0.717, 1.165) is 21.9 Å². The van der Waals surface area contributed by atoms with Crippen molar-refractivity contribution in [1.82, 2.24) is 5.32 Å². The molecule has 0 unspecified atom stereocenters. The van der Waals surface area contributed by atoms with Gasteiger partial charge >= 0.3 is 0 Å². The Hall–Kier alpha value is -1.40. The SMILES string of the molecule is CC[C@H]1C[C@@]2(C)NC(=O)c3c(sc4c3CC(C)(C)OC4)N2C1=O. The average Bonchev–Trinajstić information content (AvgIpc) is 2.92. The minimum atomic E-state index is -0.592. The first kappa shape index (κ1) is 15.1. The van der Waals surface area contributed by atoms with Gasteiger partial charge in [-0.05, 0) is 32.8 Å². The largest absolute Gasteiger partial charge is 0.370 e. The van der Waals surface area contributed by atoms with Crippen molar-refractivity contribution in [3.8, 4) is 0 Å². The summed E-state index contributed by atoms with van der Waals surface area (Å²) >= 11 is 1.55. The van der Waals surface area contributed by atoms with E-state index >= 15 is 0 Å². The van der Waals surface area contributed by atoms with Crippen LogP contribution in [0.25, 0.3) is 0 Å². The highest BCUT2D eigenvalue weighted by atomic mass is 32.1. The standard InChI is InChI=1S/C17H22N2O3S/c1-5-9-6-17(4)18-13(20)12-10-7-16(2,3)22-8-11(10)23-15(12)19(17)14(9)21/h9H,5-8H2,1-4H3,(H,18,20)/t9-,17-/m0/s1. The predicted molar refractivity (Wildman–Crippen MR) is 88.6 cm³/mol. The molecule has 6 heteroatoms. The Morgan fingerprint density at radius 2 is 2.09 bits per heavy atom. The maximum atomic E-state index is 12.8. The van der Waals surface area contributed by atoms with Gasteiger partial charge in [-0.15, -0.1) is 11.3 Å². The molecule has 0 aliphatic carbocycles. The molecule has 1 N–H and O–H groups in total. The number of amides is 2. The van der Waals surface area contributed by atoms with Crippen molar-refractivity contribution in [3.05, 3.63) is 16.0 Å². The number of carbonyl (C=O) groups is 2. The Bertz CT molecular complexity index is 724. The van der Waals surface area contributed by atoms with Gasteiger partial charge in [0.05, 0.1) is 17.8 Å². The molecule has 1 fully saturated rings. The topological polar surface area (TPSA) is 58.6 Å². The first-order valence-corrected chi connectivity index (χ1v) is 9.02. The van der Waals surface area contributed by atoms with E-state index in [4.69, 9.17) is 4.74 Å². The lowest BCUT2D eigenvalue weighted by Crippen LogP contribution is -2.59. The fourth-order valence-electron chi connectivity index (χ4n) is 4.07. The van der Waals surface area contributed by atoms with E-state index in [1.165, 1.54) is 0 Å². The molecular weight excluding hydrogens is 312 g/mol. The van der Waals surface area contributed by atoms with Crippen molar-refractivity contribution in [1.29, 1.82) is 0 Å². The second-order valence-electron chi connectivity index (χ2n) is 7.62. The third kappa shape index (κ3) is 2.01. The van der Waals surface area contributed by atoms with Gasteiger partial charge in [0.15, 0.2) is 0 Å². The van der Waals surface area contributed by atoms with Gasteiger partial charge in [0.1, 0.15) is 10.7 Å². The van der Waals surface area contributed by atoms with Crippen molar-refractivity contribution in [2.24, 2.45) is 5.92 Å². The molecule has 3 aliphatic rings. The Kier molecular flexibility index (Phi) is 3.01. The quantitative estimate of drug-likeness (QED) is 0.859. The summed E-state index contributed by atoms with van der Waals surface area (Å²) in [4.78, 5) is 28.6. The average molecular weight is 334 g/mol. The van der Waals surface area contributed by atoms with Crippen molar-refractivity contribution in [3.63, 3.8) is 0 Å². The second-order valence-corrected chi connectivity index (χ2v) is 8.70. The van der Waals surface area contributed by atoms with E-state index in [1.807, 2.05) is 32.6 Å². The van der Waals surface area contributed by atoms with Crippen molar-refractivity contribution in [2.45, 2.75) is 64.8 Å². The summed E-state index contributed by atoms with van der Waals surface area (Å²) in [5.74, 6) is 0.0756. The van der Waals surface area contributed by atoms with E-state index < -0.39 is 5.66 Å². The number of carbonyl (C=O) groups excluding carboxylic acids is 2. The highest BCUT2D eigenvalue weighted by Crippen LogP contribution is 2.49. The number of fused-ring (bicyclic) bond motifs is 5. The van der Waals surface area contributed by atoms with Gasteiger partial charge in [0, 0.05) is 23.6 Å². The molecule has 0 radical (unpaired) electrons. The summed E-state index contributed by atoms with van der Waals surface area (Å²) in [5.41, 5.74) is 0.896. The molecule has 2 amide bonds. The third-order valence-electron chi connectivity index (χ3n) is 5.28. The smallest absolute Gasteiger partial charge is 0.256 e. The van der Waals surface area contributed by atoms with Crippen LogP contribution in [-0.4, -0.2) is 23.1 Å². The summed E-state index contributed by atoms with van der Waals surface area (Å²) < 4.78 is 5.89. The zero-order chi connectivity index (χ0) is 16.6. The molecule has 4 heterocycles. The third-order valence-corrected chi connectivity index (χ3v) is 6.47. The van der Waals surface area contributed by atoms with Gasteiger partial charge in [0.25, 0.3) is 5.91 Å². The number of nitrogens with one attached hydrogen (secondary N) is 1. The summed E-state index contributed by atoms with van der Waals surface area (Å²) in [6.45, 7) is 8.59. The maximum Gasteiger partial charge on any atom is 0.256 e. The second kappa shape index (κ2) is 4.57. The normalized spacial score (nSPS) is 31.5. The number of nitrogens with zero attached hydrogens (tertiary/aromatic N) is 1. The summed E-state index contributed by atoms with van der Waals surface area (Å²) in [6, 6.07) is 0. The molecule has 1 aromatic heterocycles. The van der Waals surface area contributed by atoms with E-state index in [0.29, 0.717) is 25.0 Å². The lowest BCUT2D eigenvalue weighted by atomic mass is 9.91. The van der Waals surface area contributed by atoms with Gasteiger partial charge in [0.2, 0.25) is 5.91 Å². The minimum Gasteiger partial charge on any atom is -0.370 e. The summed E-state index contributed by atoms with van der Waals surface area (Å²) in [6.07, 6.45) is 2.19. The molecule has 1 saturated heterocycles. The summed E-state index contributed by atoms with van der Waals surface area (Å²) in [5, 5.41) is 3.92. The van der Waals surface area contributed by atoms with Crippen molar-refractivity contribution >= 4 is 28.2 Å². The number of hydrogen-bond acceptors (Lipinski definition) is 4. The van der Waals surface area contributed by atoms with Gasteiger partial charge < -0.3 is 10.1 Å². The molecule has 23 heavy (non-hydrogen) atoms. The molecular formula is C17H22N2O3S. The fraction of sp³-hybridized carbons (Fsp3) is 0.647. The van der Waals surface area contributed by atoms with Gasteiger partial charge in [-0.25, -0.2) is 0 Å². The van der Waals surface area contributed by atoms with Crippen LogP contribution in [0.2, 0.25) is 0 Å². The molecule has 0 aromatic carbocycles. The molecule has 124 valence electrons. The molecule has 1 aromatic rings. The van der Waals surface area contributed by atoms with Crippen LogP contribution in [0.1, 0.15) is 61.3 Å². The van der Waals surface area contributed by atoms with Crippen LogP contribution in [0.3, 0.4) is 0 Å². The highest BCUT2D eigenvalue weighted by molar-refractivity contribution is 7.17.